The maximum absolute atomic E-state index is 11.5. The van der Waals surface area contributed by atoms with Crippen LogP contribution < -0.4 is 10.6 Å². The van der Waals surface area contributed by atoms with Crippen LogP contribution in [0.15, 0.2) is 0 Å². The Balaban J connectivity index is 3.75. The molecular weight excluding hydrogens is 262 g/mol. The summed E-state index contributed by atoms with van der Waals surface area (Å²) in [5.41, 5.74) is 0. The summed E-state index contributed by atoms with van der Waals surface area (Å²) in [7, 11) is 1.59. The fourth-order valence-corrected chi connectivity index (χ4v) is 1.61. The van der Waals surface area contributed by atoms with Gasteiger partial charge in [0.2, 0.25) is 11.8 Å². The molecule has 0 unspecified atom stereocenters. The normalized spacial score (nSPS) is 10.6. The van der Waals surface area contributed by atoms with Gasteiger partial charge in [-0.05, 0) is 6.54 Å². The highest BCUT2D eigenvalue weighted by Gasteiger charge is 2.08. The summed E-state index contributed by atoms with van der Waals surface area (Å²) in [5, 5.41) is 14.0. The highest BCUT2D eigenvalue weighted by atomic mass is 16.5. The molecule has 0 saturated heterocycles. The van der Waals surface area contributed by atoms with Gasteiger partial charge in [0.1, 0.15) is 0 Å². The van der Waals surface area contributed by atoms with Crippen LogP contribution in [0.4, 0.5) is 0 Å². The number of hydrogen-bond acceptors (Lipinski definition) is 5. The third kappa shape index (κ3) is 10.7. The van der Waals surface area contributed by atoms with Crippen molar-refractivity contribution in [2.75, 3.05) is 53.0 Å². The standard InChI is InChI=1S/C13H27N3O4/c1-3-16(8-4-12(18)14-6-10-17)9-5-13(19)15-7-11-20-2/h17H,3-11H2,1-2H3,(H,14,18)(H,15,19). The molecular formula is C13H27N3O4. The van der Waals surface area contributed by atoms with E-state index < -0.39 is 0 Å². The lowest BCUT2D eigenvalue weighted by molar-refractivity contribution is -0.121. The maximum Gasteiger partial charge on any atom is 0.221 e. The van der Waals surface area contributed by atoms with Crippen molar-refractivity contribution in [3.63, 3.8) is 0 Å². The monoisotopic (exact) mass is 289 g/mol. The molecule has 0 radical (unpaired) electrons. The minimum absolute atomic E-state index is 0.00904. The van der Waals surface area contributed by atoms with E-state index >= 15 is 0 Å². The molecule has 0 heterocycles. The molecule has 0 spiro atoms. The summed E-state index contributed by atoms with van der Waals surface area (Å²) in [4.78, 5) is 25.0. The first-order valence-corrected chi connectivity index (χ1v) is 6.99. The zero-order chi connectivity index (χ0) is 15.2. The number of hydrogen-bond donors (Lipinski definition) is 3. The SMILES string of the molecule is CCN(CCC(=O)NCCO)CCC(=O)NCCOC. The Labute approximate surface area is 120 Å². The molecule has 0 aliphatic heterocycles. The summed E-state index contributed by atoms with van der Waals surface area (Å²) < 4.78 is 4.85. The van der Waals surface area contributed by atoms with Gasteiger partial charge >= 0.3 is 0 Å². The minimum atomic E-state index is -0.0814. The lowest BCUT2D eigenvalue weighted by Gasteiger charge is -2.19. The van der Waals surface area contributed by atoms with E-state index in [9.17, 15) is 9.59 Å². The van der Waals surface area contributed by atoms with E-state index in [1.807, 2.05) is 6.92 Å². The molecule has 3 N–H and O–H groups in total. The Bertz CT molecular complexity index is 274. The lowest BCUT2D eigenvalue weighted by Crippen LogP contribution is -2.35. The molecule has 2 amide bonds. The topological polar surface area (TPSA) is 90.9 Å². The molecule has 0 aromatic rings. The number of carbonyl (C=O) groups excluding carboxylic acids is 2. The second kappa shape index (κ2) is 12.8. The molecule has 0 aromatic heterocycles. The first kappa shape index (κ1) is 18.8. The Morgan fingerprint density at radius 3 is 2.10 bits per heavy atom. The molecule has 118 valence electrons. The van der Waals surface area contributed by atoms with E-state index in [2.05, 4.69) is 15.5 Å². The summed E-state index contributed by atoms with van der Waals surface area (Å²) in [5.74, 6) is -0.0905. The molecule has 0 aliphatic rings. The highest BCUT2D eigenvalue weighted by Crippen LogP contribution is 1.94. The smallest absolute Gasteiger partial charge is 0.221 e. The van der Waals surface area contributed by atoms with Crippen LogP contribution in [-0.4, -0.2) is 74.9 Å². The van der Waals surface area contributed by atoms with Crippen molar-refractivity contribution in [2.24, 2.45) is 0 Å². The Kier molecular flexibility index (Phi) is 12.1. The molecule has 0 rings (SSSR count). The second-order valence-electron chi connectivity index (χ2n) is 4.35. The predicted molar refractivity (Wildman–Crippen MR) is 76.3 cm³/mol. The molecule has 0 aliphatic carbocycles. The molecule has 0 fully saturated rings. The summed E-state index contributed by atoms with van der Waals surface area (Å²) in [6, 6.07) is 0. The third-order valence-electron chi connectivity index (χ3n) is 2.82. The van der Waals surface area contributed by atoms with Gasteiger partial charge in [0.25, 0.3) is 0 Å². The Morgan fingerprint density at radius 1 is 1.10 bits per heavy atom. The lowest BCUT2D eigenvalue weighted by atomic mass is 10.3. The number of aliphatic hydroxyl groups excluding tert-OH is 1. The van der Waals surface area contributed by atoms with Gasteiger partial charge in [-0.1, -0.05) is 6.92 Å². The molecule has 0 atom stereocenters. The molecule has 0 aromatic carbocycles. The van der Waals surface area contributed by atoms with Crippen LogP contribution in [-0.2, 0) is 14.3 Å². The van der Waals surface area contributed by atoms with Gasteiger partial charge in [-0.25, -0.2) is 0 Å². The van der Waals surface area contributed by atoms with Crippen molar-refractivity contribution in [3.05, 3.63) is 0 Å². The molecule has 7 heteroatoms. The van der Waals surface area contributed by atoms with Crippen LogP contribution in [0.2, 0.25) is 0 Å². The maximum atomic E-state index is 11.5. The van der Waals surface area contributed by atoms with E-state index in [1.54, 1.807) is 7.11 Å². The van der Waals surface area contributed by atoms with Gasteiger partial charge in [-0.2, -0.15) is 0 Å². The van der Waals surface area contributed by atoms with Crippen molar-refractivity contribution in [1.29, 1.82) is 0 Å². The predicted octanol–water partition coefficient (Wildman–Crippen LogP) is -1.04. The van der Waals surface area contributed by atoms with Crippen LogP contribution in [0.1, 0.15) is 19.8 Å². The summed E-state index contributed by atoms with van der Waals surface area (Å²) in [6.45, 7) is 5.28. The van der Waals surface area contributed by atoms with Crippen LogP contribution in [0.3, 0.4) is 0 Å². The highest BCUT2D eigenvalue weighted by molar-refractivity contribution is 5.76. The van der Waals surface area contributed by atoms with E-state index in [0.29, 0.717) is 39.1 Å². The summed E-state index contributed by atoms with van der Waals surface area (Å²) >= 11 is 0. The number of rotatable bonds is 12. The number of amides is 2. The van der Waals surface area contributed by atoms with Gasteiger partial charge in [0.05, 0.1) is 13.2 Å². The first-order valence-electron chi connectivity index (χ1n) is 6.99. The van der Waals surface area contributed by atoms with Crippen LogP contribution in [0.25, 0.3) is 0 Å². The number of nitrogens with zero attached hydrogens (tertiary/aromatic N) is 1. The Hall–Kier alpha value is -1.18. The quantitative estimate of drug-likeness (QED) is 0.399. The van der Waals surface area contributed by atoms with Gasteiger partial charge in [0.15, 0.2) is 0 Å². The van der Waals surface area contributed by atoms with Crippen LogP contribution >= 0.6 is 0 Å². The fraction of sp³-hybridized carbons (Fsp3) is 0.846. The van der Waals surface area contributed by atoms with E-state index in [4.69, 9.17) is 9.84 Å². The zero-order valence-electron chi connectivity index (χ0n) is 12.5. The van der Waals surface area contributed by atoms with Gasteiger partial charge < -0.3 is 25.4 Å². The Morgan fingerprint density at radius 2 is 1.65 bits per heavy atom. The van der Waals surface area contributed by atoms with Crippen molar-refractivity contribution in [3.8, 4) is 0 Å². The zero-order valence-corrected chi connectivity index (χ0v) is 12.5. The van der Waals surface area contributed by atoms with Crippen LogP contribution in [0.5, 0.6) is 0 Å². The van der Waals surface area contributed by atoms with Gasteiger partial charge in [-0.3, -0.25) is 9.59 Å². The number of aliphatic hydroxyl groups is 1. The first-order chi connectivity index (χ1) is 9.63. The van der Waals surface area contributed by atoms with E-state index in [0.717, 1.165) is 6.54 Å². The van der Waals surface area contributed by atoms with Crippen molar-refractivity contribution in [1.82, 2.24) is 15.5 Å². The minimum Gasteiger partial charge on any atom is -0.395 e. The van der Waals surface area contributed by atoms with E-state index in [-0.39, 0.29) is 25.0 Å². The molecule has 7 nitrogen and oxygen atoms in total. The third-order valence-corrected chi connectivity index (χ3v) is 2.82. The second-order valence-corrected chi connectivity index (χ2v) is 4.35. The number of carbonyl (C=O) groups is 2. The average Bonchev–Trinajstić information content (AvgIpc) is 2.45. The van der Waals surface area contributed by atoms with Gasteiger partial charge in [0, 0.05) is 46.1 Å². The van der Waals surface area contributed by atoms with E-state index in [1.165, 1.54) is 0 Å². The fourth-order valence-electron chi connectivity index (χ4n) is 1.61. The number of ether oxygens (including phenoxy) is 1. The molecule has 0 bridgehead atoms. The van der Waals surface area contributed by atoms with Gasteiger partial charge in [-0.15, -0.1) is 0 Å². The van der Waals surface area contributed by atoms with Crippen molar-refractivity contribution in [2.45, 2.75) is 19.8 Å². The van der Waals surface area contributed by atoms with Crippen molar-refractivity contribution < 1.29 is 19.4 Å². The largest absolute Gasteiger partial charge is 0.395 e. The number of nitrogens with one attached hydrogen (secondary N) is 2. The van der Waals surface area contributed by atoms with Crippen LogP contribution in [0, 0.1) is 0 Å². The summed E-state index contributed by atoms with van der Waals surface area (Å²) in [6.07, 6.45) is 0.787. The van der Waals surface area contributed by atoms with Crippen molar-refractivity contribution >= 4 is 11.8 Å². The number of methoxy groups -OCH3 is 1. The average molecular weight is 289 g/mol. The molecule has 20 heavy (non-hydrogen) atoms. The molecule has 0 saturated carbocycles.